The number of rotatable bonds is 1. The molecule has 1 aliphatic heterocycles. The largest absolute Gasteiger partial charge is 0.426 e. The number of halogens is 2. The Morgan fingerprint density at radius 2 is 2.00 bits per heavy atom. The molecule has 3 rings (SSSR count). The molecule has 0 aliphatic carbocycles. The van der Waals surface area contributed by atoms with Gasteiger partial charge < -0.3 is 4.74 Å². The van der Waals surface area contributed by atoms with Crippen molar-refractivity contribution in [1.29, 1.82) is 0 Å². The molecule has 2 aromatic rings. The quantitative estimate of drug-likeness (QED) is 0.572. The van der Waals surface area contributed by atoms with Gasteiger partial charge in [-0.05, 0) is 49.2 Å². The maximum Gasteiger partial charge on any atom is 0.317 e. The molecule has 0 bridgehead atoms. The van der Waals surface area contributed by atoms with Gasteiger partial charge in [0.2, 0.25) is 0 Å². The second-order valence-electron chi connectivity index (χ2n) is 5.26. The van der Waals surface area contributed by atoms with Crippen molar-refractivity contribution in [2.75, 3.05) is 0 Å². The third-order valence-corrected chi connectivity index (χ3v) is 3.72. The van der Waals surface area contributed by atoms with E-state index in [-0.39, 0.29) is 17.4 Å². The fraction of sp³-hybridized carbons (Fsp3) is 0.176. The molecule has 2 aromatic carbocycles. The standard InChI is InChI=1S/C17H13ClFNO2/c1-9-5-10(2)17-14(8-16(21)22-15(17)6-9)20-11-3-4-13(19)12(18)7-11/h3-7H,8H2,1-2H3. The van der Waals surface area contributed by atoms with Crippen LogP contribution in [0.4, 0.5) is 10.1 Å². The molecular formula is C17H13ClFNO2. The van der Waals surface area contributed by atoms with Crippen molar-refractivity contribution in [3.8, 4) is 5.75 Å². The van der Waals surface area contributed by atoms with Crippen molar-refractivity contribution < 1.29 is 13.9 Å². The van der Waals surface area contributed by atoms with Crippen LogP contribution in [0.2, 0.25) is 5.02 Å². The van der Waals surface area contributed by atoms with Crippen molar-refractivity contribution in [2.24, 2.45) is 4.99 Å². The van der Waals surface area contributed by atoms with Crippen LogP contribution < -0.4 is 4.74 Å². The van der Waals surface area contributed by atoms with Gasteiger partial charge in [-0.2, -0.15) is 0 Å². The zero-order valence-electron chi connectivity index (χ0n) is 12.1. The van der Waals surface area contributed by atoms with Gasteiger partial charge in [-0.1, -0.05) is 17.7 Å². The summed E-state index contributed by atoms with van der Waals surface area (Å²) in [5.74, 6) is -0.342. The zero-order valence-corrected chi connectivity index (χ0v) is 12.9. The van der Waals surface area contributed by atoms with Gasteiger partial charge in [0.15, 0.2) is 0 Å². The lowest BCUT2D eigenvalue weighted by Gasteiger charge is -2.20. The van der Waals surface area contributed by atoms with E-state index in [1.165, 1.54) is 18.2 Å². The van der Waals surface area contributed by atoms with Gasteiger partial charge in [0, 0.05) is 5.56 Å². The van der Waals surface area contributed by atoms with Crippen LogP contribution in [0.3, 0.4) is 0 Å². The topological polar surface area (TPSA) is 38.7 Å². The summed E-state index contributed by atoms with van der Waals surface area (Å²) in [5.41, 5.74) is 3.91. The summed E-state index contributed by atoms with van der Waals surface area (Å²) >= 11 is 5.78. The van der Waals surface area contributed by atoms with Gasteiger partial charge in [0.1, 0.15) is 11.6 Å². The molecule has 1 heterocycles. The van der Waals surface area contributed by atoms with E-state index in [9.17, 15) is 9.18 Å². The van der Waals surface area contributed by atoms with E-state index in [2.05, 4.69) is 4.99 Å². The first kappa shape index (κ1) is 14.7. The third kappa shape index (κ3) is 2.74. The molecule has 0 saturated heterocycles. The molecule has 0 N–H and O–H groups in total. The monoisotopic (exact) mass is 317 g/mol. The molecule has 0 spiro atoms. The Morgan fingerprint density at radius 1 is 1.23 bits per heavy atom. The Bertz CT molecular complexity index is 815. The zero-order chi connectivity index (χ0) is 15.9. The van der Waals surface area contributed by atoms with E-state index >= 15 is 0 Å². The van der Waals surface area contributed by atoms with Crippen molar-refractivity contribution in [1.82, 2.24) is 0 Å². The maximum atomic E-state index is 13.2. The molecule has 0 unspecified atom stereocenters. The van der Waals surface area contributed by atoms with Crippen LogP contribution in [-0.2, 0) is 4.79 Å². The molecular weight excluding hydrogens is 305 g/mol. The lowest BCUT2D eigenvalue weighted by molar-refractivity contribution is -0.133. The van der Waals surface area contributed by atoms with Crippen molar-refractivity contribution in [2.45, 2.75) is 20.3 Å². The summed E-state index contributed by atoms with van der Waals surface area (Å²) in [6.45, 7) is 3.88. The number of carbonyl (C=O) groups is 1. The highest BCUT2D eigenvalue weighted by Gasteiger charge is 2.25. The molecule has 5 heteroatoms. The van der Waals surface area contributed by atoms with Crippen LogP contribution >= 0.6 is 11.6 Å². The molecule has 3 nitrogen and oxygen atoms in total. The highest BCUT2D eigenvalue weighted by molar-refractivity contribution is 6.31. The average molecular weight is 318 g/mol. The van der Waals surface area contributed by atoms with E-state index in [1.807, 2.05) is 26.0 Å². The predicted molar refractivity (Wildman–Crippen MR) is 83.8 cm³/mol. The molecule has 0 radical (unpaired) electrons. The fourth-order valence-electron chi connectivity index (χ4n) is 2.57. The van der Waals surface area contributed by atoms with Crippen LogP contribution in [0.25, 0.3) is 0 Å². The van der Waals surface area contributed by atoms with E-state index in [1.54, 1.807) is 0 Å². The molecule has 22 heavy (non-hydrogen) atoms. The number of esters is 1. The highest BCUT2D eigenvalue weighted by Crippen LogP contribution is 2.32. The molecule has 0 aromatic heterocycles. The minimum absolute atomic E-state index is 0.00101. The Morgan fingerprint density at radius 3 is 2.73 bits per heavy atom. The number of ether oxygens (including phenoxy) is 1. The number of aliphatic imine (C=N–C) groups is 1. The first-order valence-electron chi connectivity index (χ1n) is 6.79. The molecule has 1 aliphatic rings. The van der Waals surface area contributed by atoms with E-state index in [4.69, 9.17) is 16.3 Å². The van der Waals surface area contributed by atoms with Gasteiger partial charge in [-0.3, -0.25) is 9.79 Å². The van der Waals surface area contributed by atoms with Crippen molar-refractivity contribution in [3.63, 3.8) is 0 Å². The van der Waals surface area contributed by atoms with Crippen LogP contribution in [0.15, 0.2) is 35.3 Å². The average Bonchev–Trinajstić information content (AvgIpc) is 2.41. The summed E-state index contributed by atoms with van der Waals surface area (Å²) < 4.78 is 18.5. The first-order chi connectivity index (χ1) is 10.4. The molecule has 0 atom stereocenters. The smallest absolute Gasteiger partial charge is 0.317 e. The Hall–Kier alpha value is -2.20. The minimum atomic E-state index is -0.499. The Balaban J connectivity index is 2.14. The molecule has 0 amide bonds. The maximum absolute atomic E-state index is 13.2. The number of carbonyl (C=O) groups excluding carboxylic acids is 1. The lowest BCUT2D eigenvalue weighted by atomic mass is 9.96. The van der Waals surface area contributed by atoms with Gasteiger partial charge in [0.05, 0.1) is 22.8 Å². The van der Waals surface area contributed by atoms with Gasteiger partial charge in [-0.15, -0.1) is 0 Å². The summed E-state index contributed by atoms with van der Waals surface area (Å²) in [7, 11) is 0. The lowest BCUT2D eigenvalue weighted by Crippen LogP contribution is -2.23. The summed E-state index contributed by atoms with van der Waals surface area (Å²) in [4.78, 5) is 16.2. The van der Waals surface area contributed by atoms with E-state index in [0.29, 0.717) is 17.1 Å². The van der Waals surface area contributed by atoms with Gasteiger partial charge in [0.25, 0.3) is 0 Å². The summed E-state index contributed by atoms with van der Waals surface area (Å²) in [6, 6.07) is 8.04. The second kappa shape index (κ2) is 5.54. The Labute approximate surface area is 132 Å². The minimum Gasteiger partial charge on any atom is -0.426 e. The molecule has 112 valence electrons. The number of nitrogens with zero attached hydrogens (tertiary/aromatic N) is 1. The number of hydrogen-bond donors (Lipinski definition) is 0. The Kier molecular flexibility index (Phi) is 3.71. The van der Waals surface area contributed by atoms with E-state index < -0.39 is 5.82 Å². The molecule has 0 saturated carbocycles. The van der Waals surface area contributed by atoms with Crippen molar-refractivity contribution >= 4 is 29.0 Å². The highest BCUT2D eigenvalue weighted by atomic mass is 35.5. The van der Waals surface area contributed by atoms with Crippen LogP contribution in [-0.4, -0.2) is 11.7 Å². The summed E-state index contributed by atoms with van der Waals surface area (Å²) in [5, 5.41) is 0.00101. The normalized spacial score (nSPS) is 15.6. The number of fused-ring (bicyclic) bond motifs is 1. The predicted octanol–water partition coefficient (Wildman–Crippen LogP) is 4.53. The number of benzene rings is 2. The first-order valence-corrected chi connectivity index (χ1v) is 7.17. The third-order valence-electron chi connectivity index (χ3n) is 3.44. The van der Waals surface area contributed by atoms with Crippen LogP contribution in [0.5, 0.6) is 5.75 Å². The van der Waals surface area contributed by atoms with Crippen LogP contribution in [0.1, 0.15) is 23.1 Å². The number of hydrogen-bond acceptors (Lipinski definition) is 3. The number of aryl methyl sites for hydroxylation is 2. The SMILES string of the molecule is Cc1cc(C)c2c(c1)OC(=O)CC2=Nc1ccc(F)c(Cl)c1. The van der Waals surface area contributed by atoms with Gasteiger partial charge in [-0.25, -0.2) is 4.39 Å². The van der Waals surface area contributed by atoms with Crippen molar-refractivity contribution in [3.05, 3.63) is 57.9 Å². The fourth-order valence-corrected chi connectivity index (χ4v) is 2.74. The van der Waals surface area contributed by atoms with E-state index in [0.717, 1.165) is 16.7 Å². The second-order valence-corrected chi connectivity index (χ2v) is 5.67. The van der Waals surface area contributed by atoms with Crippen LogP contribution in [0, 0.1) is 19.7 Å². The summed E-state index contributed by atoms with van der Waals surface area (Å²) in [6.07, 6.45) is 0.0753. The molecule has 0 fully saturated rings. The van der Waals surface area contributed by atoms with Gasteiger partial charge >= 0.3 is 5.97 Å².